The monoisotopic (exact) mass is 386 g/mol. The predicted molar refractivity (Wildman–Crippen MR) is 105 cm³/mol. The highest BCUT2D eigenvalue weighted by Crippen LogP contribution is 2.40. The van der Waals surface area contributed by atoms with Gasteiger partial charge in [0.2, 0.25) is 0 Å². The van der Waals surface area contributed by atoms with Crippen LogP contribution in [-0.4, -0.2) is 23.5 Å². The molecule has 0 radical (unpaired) electrons. The van der Waals surface area contributed by atoms with Gasteiger partial charge in [0.15, 0.2) is 0 Å². The topological polar surface area (TPSA) is 15.3 Å². The number of likely N-dealkylation sites (tertiary alicyclic amines) is 1. The van der Waals surface area contributed by atoms with Gasteiger partial charge < -0.3 is 5.32 Å². The molecule has 2 nitrogen and oxygen atoms in total. The number of hydrogen-bond acceptors (Lipinski definition) is 2. The van der Waals surface area contributed by atoms with E-state index in [1.807, 2.05) is 0 Å². The summed E-state index contributed by atoms with van der Waals surface area (Å²) in [4.78, 5) is 2.64. The Hall–Kier alpha value is -1.16. The fourth-order valence-electron chi connectivity index (χ4n) is 3.40. The molecule has 0 aromatic heterocycles. The molecule has 0 saturated carbocycles. The maximum Gasteiger partial charge on any atom is 0.0370 e. The summed E-state index contributed by atoms with van der Waals surface area (Å²) in [5.41, 5.74) is 4.13. The number of halogens is 1. The van der Waals surface area contributed by atoms with Crippen molar-refractivity contribution in [3.8, 4) is 0 Å². The lowest BCUT2D eigenvalue weighted by atomic mass is 9.86. The standard InChI is InChI=1S/C21H27BrN2/c1-15(2)23-13-19-12-21(17-10-8-16(3)9-11-17)24(19)14-18-6-4-5-7-20(18)22/h4-11,15,19,21,23H,12-14H2,1-3H3. The van der Waals surface area contributed by atoms with Crippen molar-refractivity contribution in [2.45, 2.75) is 51.9 Å². The zero-order valence-electron chi connectivity index (χ0n) is 14.8. The van der Waals surface area contributed by atoms with Crippen LogP contribution in [0, 0.1) is 6.92 Å². The van der Waals surface area contributed by atoms with Gasteiger partial charge in [0.25, 0.3) is 0 Å². The minimum absolute atomic E-state index is 0.525. The number of nitrogens with one attached hydrogen (secondary N) is 1. The van der Waals surface area contributed by atoms with Crippen LogP contribution in [0.2, 0.25) is 0 Å². The quantitative estimate of drug-likeness (QED) is 0.745. The van der Waals surface area contributed by atoms with Gasteiger partial charge in [-0.3, -0.25) is 4.90 Å². The Kier molecular flexibility index (Phi) is 5.75. The van der Waals surface area contributed by atoms with Crippen LogP contribution in [0.3, 0.4) is 0 Å². The summed E-state index contributed by atoms with van der Waals surface area (Å²) in [7, 11) is 0. The molecular formula is C21H27BrN2. The van der Waals surface area contributed by atoms with E-state index in [1.165, 1.54) is 27.6 Å². The van der Waals surface area contributed by atoms with Gasteiger partial charge in [-0.15, -0.1) is 0 Å². The van der Waals surface area contributed by atoms with Gasteiger partial charge >= 0.3 is 0 Å². The van der Waals surface area contributed by atoms with Crippen LogP contribution in [0.25, 0.3) is 0 Å². The third kappa shape index (κ3) is 4.08. The van der Waals surface area contributed by atoms with E-state index >= 15 is 0 Å². The first-order valence-corrected chi connectivity index (χ1v) is 9.63. The molecule has 3 heteroatoms. The normalized spacial score (nSPS) is 21.0. The third-order valence-corrected chi connectivity index (χ3v) is 5.67. The highest BCUT2D eigenvalue weighted by Gasteiger charge is 2.38. The van der Waals surface area contributed by atoms with Crippen LogP contribution in [0.4, 0.5) is 0 Å². The van der Waals surface area contributed by atoms with Gasteiger partial charge in [-0.25, -0.2) is 0 Å². The van der Waals surface area contributed by atoms with E-state index in [2.05, 4.69) is 95.4 Å². The average Bonchev–Trinajstić information content (AvgIpc) is 2.54. The molecule has 0 amide bonds. The molecule has 1 aliphatic heterocycles. The van der Waals surface area contributed by atoms with Crippen molar-refractivity contribution in [3.05, 3.63) is 69.7 Å². The summed E-state index contributed by atoms with van der Waals surface area (Å²) in [6.45, 7) is 8.64. The Morgan fingerprint density at radius 1 is 1.12 bits per heavy atom. The molecule has 0 bridgehead atoms. The number of aryl methyl sites for hydroxylation is 1. The number of rotatable bonds is 6. The molecule has 2 aromatic rings. The molecular weight excluding hydrogens is 360 g/mol. The van der Waals surface area contributed by atoms with Gasteiger partial charge in [0.1, 0.15) is 0 Å². The van der Waals surface area contributed by atoms with Crippen LogP contribution < -0.4 is 5.32 Å². The molecule has 0 aliphatic carbocycles. The number of hydrogen-bond donors (Lipinski definition) is 1. The zero-order chi connectivity index (χ0) is 17.1. The average molecular weight is 387 g/mol. The fourth-order valence-corrected chi connectivity index (χ4v) is 3.81. The van der Waals surface area contributed by atoms with E-state index in [1.54, 1.807) is 0 Å². The maximum atomic E-state index is 3.70. The van der Waals surface area contributed by atoms with Crippen molar-refractivity contribution < 1.29 is 0 Å². The van der Waals surface area contributed by atoms with Gasteiger partial charge in [0, 0.05) is 35.7 Å². The molecule has 24 heavy (non-hydrogen) atoms. The van der Waals surface area contributed by atoms with Crippen LogP contribution in [0.15, 0.2) is 53.0 Å². The first-order valence-electron chi connectivity index (χ1n) is 8.83. The van der Waals surface area contributed by atoms with Crippen LogP contribution in [0.1, 0.15) is 43.0 Å². The molecule has 3 rings (SSSR count). The molecule has 2 unspecified atom stereocenters. The summed E-state index contributed by atoms with van der Waals surface area (Å²) in [5, 5.41) is 3.61. The molecule has 1 fully saturated rings. The second kappa shape index (κ2) is 7.81. The van der Waals surface area contributed by atoms with E-state index < -0.39 is 0 Å². The minimum Gasteiger partial charge on any atom is -0.313 e. The van der Waals surface area contributed by atoms with Crippen molar-refractivity contribution >= 4 is 15.9 Å². The first kappa shape index (κ1) is 17.7. The number of benzene rings is 2. The summed E-state index contributed by atoms with van der Waals surface area (Å²) in [6.07, 6.45) is 1.23. The lowest BCUT2D eigenvalue weighted by Gasteiger charge is -2.49. The lowest BCUT2D eigenvalue weighted by Crippen LogP contribution is -2.54. The van der Waals surface area contributed by atoms with Gasteiger partial charge in [0.05, 0.1) is 0 Å². The fraction of sp³-hybridized carbons (Fsp3) is 0.429. The summed E-state index contributed by atoms with van der Waals surface area (Å²) in [5.74, 6) is 0. The summed E-state index contributed by atoms with van der Waals surface area (Å²) in [6, 6.07) is 19.3. The molecule has 1 aliphatic rings. The first-order chi connectivity index (χ1) is 11.5. The second-order valence-electron chi connectivity index (χ2n) is 7.14. The Balaban J connectivity index is 1.76. The Morgan fingerprint density at radius 2 is 1.83 bits per heavy atom. The summed E-state index contributed by atoms with van der Waals surface area (Å²) >= 11 is 3.70. The van der Waals surface area contributed by atoms with Crippen LogP contribution >= 0.6 is 15.9 Å². The largest absolute Gasteiger partial charge is 0.313 e. The summed E-state index contributed by atoms with van der Waals surface area (Å²) < 4.78 is 1.20. The van der Waals surface area contributed by atoms with Gasteiger partial charge in [-0.05, 0) is 30.5 Å². The van der Waals surface area contributed by atoms with Gasteiger partial charge in [-0.1, -0.05) is 77.8 Å². The van der Waals surface area contributed by atoms with E-state index in [4.69, 9.17) is 0 Å². The molecule has 1 saturated heterocycles. The second-order valence-corrected chi connectivity index (χ2v) is 8.00. The smallest absolute Gasteiger partial charge is 0.0370 e. The van der Waals surface area contributed by atoms with Crippen LogP contribution in [0.5, 0.6) is 0 Å². The van der Waals surface area contributed by atoms with Crippen molar-refractivity contribution in [1.29, 1.82) is 0 Å². The lowest BCUT2D eigenvalue weighted by molar-refractivity contribution is 0.00464. The molecule has 1 N–H and O–H groups in total. The molecule has 2 atom stereocenters. The van der Waals surface area contributed by atoms with Crippen molar-refractivity contribution in [1.82, 2.24) is 10.2 Å². The predicted octanol–water partition coefficient (Wildman–Crippen LogP) is 5.07. The Bertz CT molecular complexity index is 666. The third-order valence-electron chi connectivity index (χ3n) is 4.90. The maximum absolute atomic E-state index is 3.70. The molecule has 0 spiro atoms. The van der Waals surface area contributed by atoms with Crippen LogP contribution in [-0.2, 0) is 6.54 Å². The molecule has 128 valence electrons. The SMILES string of the molecule is Cc1ccc(C2CC(CNC(C)C)N2Cc2ccccc2Br)cc1. The zero-order valence-corrected chi connectivity index (χ0v) is 16.4. The van der Waals surface area contributed by atoms with E-state index in [0.29, 0.717) is 18.1 Å². The van der Waals surface area contributed by atoms with E-state index in [9.17, 15) is 0 Å². The van der Waals surface area contributed by atoms with Gasteiger partial charge in [-0.2, -0.15) is 0 Å². The van der Waals surface area contributed by atoms with Crippen molar-refractivity contribution in [3.63, 3.8) is 0 Å². The van der Waals surface area contributed by atoms with Crippen molar-refractivity contribution in [2.24, 2.45) is 0 Å². The molecule has 1 heterocycles. The number of nitrogens with zero attached hydrogens (tertiary/aromatic N) is 1. The molecule has 2 aromatic carbocycles. The Labute approximate surface area is 154 Å². The minimum atomic E-state index is 0.525. The highest BCUT2D eigenvalue weighted by atomic mass is 79.9. The highest BCUT2D eigenvalue weighted by molar-refractivity contribution is 9.10. The van der Waals surface area contributed by atoms with E-state index in [-0.39, 0.29) is 0 Å². The van der Waals surface area contributed by atoms with Crippen molar-refractivity contribution in [2.75, 3.05) is 6.54 Å². The Morgan fingerprint density at radius 3 is 2.50 bits per heavy atom. The van der Waals surface area contributed by atoms with E-state index in [0.717, 1.165) is 13.1 Å².